The van der Waals surface area contributed by atoms with E-state index >= 15 is 0 Å². The smallest absolute Gasteiger partial charge is 0.248 e. The van der Waals surface area contributed by atoms with Crippen LogP contribution in [0.4, 0.5) is 0 Å². The number of rotatable bonds is 2. The Morgan fingerprint density at radius 3 is 1.69 bits per heavy atom. The summed E-state index contributed by atoms with van der Waals surface area (Å²) in [5, 5.41) is -1.12. The summed E-state index contributed by atoms with van der Waals surface area (Å²) in [5.41, 5.74) is 0.742. The molecule has 4 heteroatoms. The van der Waals surface area contributed by atoms with Gasteiger partial charge in [0, 0.05) is 17.6 Å². The minimum Gasteiger partial charge on any atom is -0.276 e. The van der Waals surface area contributed by atoms with Gasteiger partial charge >= 0.3 is 0 Å². The van der Waals surface area contributed by atoms with E-state index in [1.165, 1.54) is 0 Å². The lowest BCUT2D eigenvalue weighted by molar-refractivity contribution is -0.108. The van der Waals surface area contributed by atoms with Crippen molar-refractivity contribution in [1.82, 2.24) is 0 Å². The van der Waals surface area contributed by atoms with Gasteiger partial charge in [-0.25, -0.2) is 0 Å². The molecule has 0 N–H and O–H groups in total. The number of allylic oxidation sites excluding steroid dienone is 6. The van der Waals surface area contributed by atoms with Crippen LogP contribution in [-0.4, -0.2) is 10.5 Å². The fourth-order valence-electron chi connectivity index (χ4n) is 0.936. The van der Waals surface area contributed by atoms with Crippen molar-refractivity contribution in [3.8, 4) is 0 Å². The Balaban J connectivity index is 2.92. The summed E-state index contributed by atoms with van der Waals surface area (Å²) < 4.78 is 0. The Morgan fingerprint density at radius 1 is 1.00 bits per heavy atom. The van der Waals surface area contributed by atoms with Gasteiger partial charge in [-0.2, -0.15) is 0 Å². The largest absolute Gasteiger partial charge is 0.276 e. The molecule has 1 rings (SSSR count). The van der Waals surface area contributed by atoms with Crippen molar-refractivity contribution >= 4 is 33.7 Å². The molecule has 0 aliphatic heterocycles. The van der Waals surface area contributed by atoms with E-state index in [9.17, 15) is 9.59 Å². The molecule has 0 saturated heterocycles. The minimum atomic E-state index is -0.560. The summed E-state index contributed by atoms with van der Waals surface area (Å²) in [6.07, 6.45) is 6.61. The van der Waals surface area contributed by atoms with Crippen LogP contribution in [0.25, 0.3) is 0 Å². The Labute approximate surface area is 85.5 Å². The van der Waals surface area contributed by atoms with Gasteiger partial charge < -0.3 is 0 Å². The monoisotopic (exact) mass is 216 g/mol. The molecule has 0 spiro atoms. The zero-order chi connectivity index (χ0) is 9.84. The number of carbonyl (C=O) groups excluding carboxylic acids is 2. The molecule has 0 aromatic carbocycles. The fraction of sp³-hybridized carbons (Fsp3) is 0.111. The maximum atomic E-state index is 10.8. The van der Waals surface area contributed by atoms with Crippen molar-refractivity contribution < 1.29 is 9.59 Å². The molecule has 1 aliphatic rings. The maximum absolute atomic E-state index is 10.8. The molecule has 0 unspecified atom stereocenters. The van der Waals surface area contributed by atoms with Crippen LogP contribution < -0.4 is 0 Å². The summed E-state index contributed by atoms with van der Waals surface area (Å²) in [6, 6.07) is 0. The van der Waals surface area contributed by atoms with E-state index in [2.05, 4.69) is 0 Å². The summed E-state index contributed by atoms with van der Waals surface area (Å²) in [5.74, 6) is 0. The lowest BCUT2D eigenvalue weighted by Crippen LogP contribution is -1.99. The highest BCUT2D eigenvalue weighted by atomic mass is 35.5. The van der Waals surface area contributed by atoms with Crippen molar-refractivity contribution in [2.24, 2.45) is 0 Å². The highest BCUT2D eigenvalue weighted by Gasteiger charge is 2.13. The van der Waals surface area contributed by atoms with Crippen LogP contribution in [0.15, 0.2) is 35.5 Å². The summed E-state index contributed by atoms with van der Waals surface area (Å²) >= 11 is 10.6. The SMILES string of the molecule is O=C(Cl)C1=CC=CC=C(C(=O)Cl)C1. The molecule has 0 aromatic rings. The molecular weight excluding hydrogens is 211 g/mol. The third kappa shape index (κ3) is 2.83. The van der Waals surface area contributed by atoms with E-state index in [1.54, 1.807) is 24.3 Å². The van der Waals surface area contributed by atoms with Gasteiger partial charge in [0.05, 0.1) is 0 Å². The third-order valence-corrected chi connectivity index (χ3v) is 2.08. The second-order valence-corrected chi connectivity index (χ2v) is 3.18. The van der Waals surface area contributed by atoms with Crippen molar-refractivity contribution in [3.63, 3.8) is 0 Å². The van der Waals surface area contributed by atoms with Crippen LogP contribution in [0.2, 0.25) is 0 Å². The van der Waals surface area contributed by atoms with Gasteiger partial charge in [-0.15, -0.1) is 0 Å². The minimum absolute atomic E-state index is 0.192. The molecule has 0 amide bonds. The topological polar surface area (TPSA) is 34.1 Å². The van der Waals surface area contributed by atoms with E-state index in [0.29, 0.717) is 11.1 Å². The fourth-order valence-corrected chi connectivity index (χ4v) is 1.20. The number of hydrogen-bond acceptors (Lipinski definition) is 2. The van der Waals surface area contributed by atoms with Gasteiger partial charge in [-0.05, 0) is 23.2 Å². The van der Waals surface area contributed by atoms with E-state index in [0.717, 1.165) is 0 Å². The summed E-state index contributed by atoms with van der Waals surface area (Å²) in [7, 11) is 0. The summed E-state index contributed by atoms with van der Waals surface area (Å²) in [6.45, 7) is 0. The first-order valence-electron chi connectivity index (χ1n) is 3.57. The molecule has 2 nitrogen and oxygen atoms in total. The van der Waals surface area contributed by atoms with Crippen LogP contribution in [0, 0.1) is 0 Å². The second kappa shape index (κ2) is 4.40. The van der Waals surface area contributed by atoms with E-state index < -0.39 is 10.5 Å². The molecule has 68 valence electrons. The maximum Gasteiger partial charge on any atom is 0.248 e. The number of carbonyl (C=O) groups is 2. The normalized spacial score (nSPS) is 15.8. The zero-order valence-electron chi connectivity index (χ0n) is 6.59. The Hall–Kier alpha value is -0.860. The first-order valence-corrected chi connectivity index (χ1v) is 4.33. The average molecular weight is 217 g/mol. The molecule has 0 fully saturated rings. The standard InChI is InChI=1S/C9H6Cl2O2/c10-8(12)6-3-1-2-4-7(5-6)9(11)13/h1-4H,5H2. The second-order valence-electron chi connectivity index (χ2n) is 2.49. The molecule has 0 aromatic heterocycles. The lowest BCUT2D eigenvalue weighted by atomic mass is 10.1. The average Bonchev–Trinajstić information content (AvgIpc) is 2.28. The molecule has 0 saturated carbocycles. The lowest BCUT2D eigenvalue weighted by Gasteiger charge is -1.99. The molecular formula is C9H6Cl2O2. The first kappa shape index (κ1) is 10.2. The van der Waals surface area contributed by atoms with Crippen molar-refractivity contribution in [3.05, 3.63) is 35.5 Å². The van der Waals surface area contributed by atoms with E-state index in [-0.39, 0.29) is 6.42 Å². The Bertz CT molecular complexity index is 306. The molecule has 0 bridgehead atoms. The molecule has 1 aliphatic carbocycles. The Morgan fingerprint density at radius 2 is 1.38 bits per heavy atom. The number of halogens is 2. The zero-order valence-corrected chi connectivity index (χ0v) is 8.10. The third-order valence-electron chi connectivity index (χ3n) is 1.59. The van der Waals surface area contributed by atoms with Crippen molar-refractivity contribution in [1.29, 1.82) is 0 Å². The van der Waals surface area contributed by atoms with Gasteiger partial charge in [0.25, 0.3) is 0 Å². The summed E-state index contributed by atoms with van der Waals surface area (Å²) in [4.78, 5) is 21.6. The molecule has 13 heavy (non-hydrogen) atoms. The molecule has 0 radical (unpaired) electrons. The van der Waals surface area contributed by atoms with Crippen molar-refractivity contribution in [2.45, 2.75) is 6.42 Å². The van der Waals surface area contributed by atoms with Crippen LogP contribution in [-0.2, 0) is 9.59 Å². The van der Waals surface area contributed by atoms with Gasteiger partial charge in [0.15, 0.2) is 0 Å². The highest BCUT2D eigenvalue weighted by molar-refractivity contribution is 6.69. The van der Waals surface area contributed by atoms with Gasteiger partial charge in [-0.3, -0.25) is 9.59 Å². The van der Waals surface area contributed by atoms with E-state index in [1.807, 2.05) is 0 Å². The van der Waals surface area contributed by atoms with Crippen LogP contribution in [0.3, 0.4) is 0 Å². The first-order chi connectivity index (χ1) is 6.11. The molecule has 0 atom stereocenters. The Kier molecular flexibility index (Phi) is 3.46. The van der Waals surface area contributed by atoms with E-state index in [4.69, 9.17) is 23.2 Å². The van der Waals surface area contributed by atoms with Gasteiger partial charge in [0.2, 0.25) is 10.5 Å². The van der Waals surface area contributed by atoms with Crippen LogP contribution in [0.5, 0.6) is 0 Å². The highest BCUT2D eigenvalue weighted by Crippen LogP contribution is 2.18. The molecule has 0 heterocycles. The van der Waals surface area contributed by atoms with Crippen LogP contribution in [0.1, 0.15) is 6.42 Å². The number of hydrogen-bond donors (Lipinski definition) is 0. The van der Waals surface area contributed by atoms with Crippen molar-refractivity contribution in [2.75, 3.05) is 0 Å². The van der Waals surface area contributed by atoms with Gasteiger partial charge in [0.1, 0.15) is 0 Å². The van der Waals surface area contributed by atoms with Gasteiger partial charge in [-0.1, -0.05) is 24.3 Å². The van der Waals surface area contributed by atoms with Crippen LogP contribution >= 0.6 is 23.2 Å². The predicted octanol–water partition coefficient (Wildman–Crippen LogP) is 2.33. The predicted molar refractivity (Wildman–Crippen MR) is 51.6 cm³/mol. The quantitative estimate of drug-likeness (QED) is 0.665.